The molecule has 1 aromatic heterocycles. The first-order chi connectivity index (χ1) is 7.59. The Morgan fingerprint density at radius 2 is 2.12 bits per heavy atom. The Kier molecular flexibility index (Phi) is 1.86. The van der Waals surface area contributed by atoms with Gasteiger partial charge in [0.25, 0.3) is 0 Å². The van der Waals surface area contributed by atoms with Gasteiger partial charge in [0.15, 0.2) is 5.82 Å². The van der Waals surface area contributed by atoms with E-state index >= 15 is 0 Å². The molecule has 1 aliphatic carbocycles. The maximum atomic E-state index is 14.0. The summed E-state index contributed by atoms with van der Waals surface area (Å²) in [6, 6.07) is 3.01. The highest BCUT2D eigenvalue weighted by atomic mass is 19.1. The van der Waals surface area contributed by atoms with E-state index in [0.29, 0.717) is 10.9 Å². The molecule has 2 aromatic rings. The molecule has 0 bridgehead atoms. The monoisotopic (exact) mass is 222 g/mol. The van der Waals surface area contributed by atoms with Gasteiger partial charge in [0.05, 0.1) is 5.52 Å². The number of halogens is 2. The van der Waals surface area contributed by atoms with Gasteiger partial charge in [-0.05, 0) is 31.4 Å². The Bertz CT molecular complexity index is 555. The average molecular weight is 222 g/mol. The molecule has 1 aliphatic rings. The molecular formula is C12H12F2N2. The minimum absolute atomic E-state index is 0.106. The molecule has 1 aromatic carbocycles. The number of aromatic amines is 1. The van der Waals surface area contributed by atoms with Crippen LogP contribution in [0.4, 0.5) is 8.78 Å². The van der Waals surface area contributed by atoms with Crippen LogP contribution in [0.15, 0.2) is 18.3 Å². The van der Waals surface area contributed by atoms with Gasteiger partial charge in [0, 0.05) is 22.7 Å². The number of aromatic nitrogens is 1. The first-order valence-electron chi connectivity index (χ1n) is 5.32. The minimum Gasteiger partial charge on any atom is -0.359 e. The number of nitrogens with two attached hydrogens (primary N) is 1. The van der Waals surface area contributed by atoms with Crippen LogP contribution < -0.4 is 5.73 Å². The summed E-state index contributed by atoms with van der Waals surface area (Å²) in [4.78, 5) is 2.78. The molecule has 84 valence electrons. The van der Waals surface area contributed by atoms with Crippen molar-refractivity contribution in [1.29, 1.82) is 0 Å². The zero-order chi connectivity index (χ0) is 11.3. The smallest absolute Gasteiger partial charge is 0.153 e. The Morgan fingerprint density at radius 1 is 1.38 bits per heavy atom. The number of rotatable bonds is 2. The van der Waals surface area contributed by atoms with Crippen LogP contribution in [0.2, 0.25) is 0 Å². The molecule has 0 atom stereocenters. The van der Waals surface area contributed by atoms with Gasteiger partial charge >= 0.3 is 0 Å². The SMILES string of the molecule is NC1(Cc2c(F)cc3cc[nH]c3c2F)CC1. The van der Waals surface area contributed by atoms with E-state index < -0.39 is 11.6 Å². The lowest BCUT2D eigenvalue weighted by molar-refractivity contribution is 0.537. The Balaban J connectivity index is 2.14. The second-order valence-corrected chi connectivity index (χ2v) is 4.63. The zero-order valence-electron chi connectivity index (χ0n) is 8.69. The normalized spacial score (nSPS) is 17.9. The predicted octanol–water partition coefficient (Wildman–Crippen LogP) is 2.48. The van der Waals surface area contributed by atoms with Gasteiger partial charge in [0.1, 0.15) is 5.82 Å². The van der Waals surface area contributed by atoms with Crippen LogP contribution in [0.25, 0.3) is 10.9 Å². The molecule has 4 heteroatoms. The number of nitrogens with one attached hydrogen (secondary N) is 1. The van der Waals surface area contributed by atoms with Crippen LogP contribution in [-0.4, -0.2) is 10.5 Å². The second-order valence-electron chi connectivity index (χ2n) is 4.63. The molecule has 0 spiro atoms. The van der Waals surface area contributed by atoms with Crippen molar-refractivity contribution in [3.63, 3.8) is 0 Å². The van der Waals surface area contributed by atoms with Gasteiger partial charge in [-0.2, -0.15) is 0 Å². The largest absolute Gasteiger partial charge is 0.359 e. The first-order valence-corrected chi connectivity index (χ1v) is 5.32. The van der Waals surface area contributed by atoms with Crippen LogP contribution >= 0.6 is 0 Å². The van der Waals surface area contributed by atoms with Crippen LogP contribution in [0.3, 0.4) is 0 Å². The molecule has 2 nitrogen and oxygen atoms in total. The lowest BCUT2D eigenvalue weighted by Crippen LogP contribution is -2.25. The molecule has 1 saturated carbocycles. The number of fused-ring (bicyclic) bond motifs is 1. The summed E-state index contributed by atoms with van der Waals surface area (Å²) in [7, 11) is 0. The van der Waals surface area contributed by atoms with Crippen molar-refractivity contribution in [1.82, 2.24) is 4.98 Å². The quantitative estimate of drug-likeness (QED) is 0.805. The molecule has 16 heavy (non-hydrogen) atoms. The van der Waals surface area contributed by atoms with E-state index in [1.54, 1.807) is 12.3 Å². The molecule has 0 radical (unpaired) electrons. The van der Waals surface area contributed by atoms with Crippen molar-refractivity contribution in [3.8, 4) is 0 Å². The van der Waals surface area contributed by atoms with Crippen LogP contribution in [0.1, 0.15) is 18.4 Å². The van der Waals surface area contributed by atoms with Crippen LogP contribution in [0, 0.1) is 11.6 Å². The summed E-state index contributed by atoms with van der Waals surface area (Å²) in [6.45, 7) is 0. The maximum Gasteiger partial charge on any atom is 0.153 e. The zero-order valence-corrected chi connectivity index (χ0v) is 8.69. The van der Waals surface area contributed by atoms with Crippen molar-refractivity contribution >= 4 is 10.9 Å². The number of hydrogen-bond donors (Lipinski definition) is 2. The fraction of sp³-hybridized carbons (Fsp3) is 0.333. The molecule has 3 rings (SSSR count). The minimum atomic E-state index is -0.503. The lowest BCUT2D eigenvalue weighted by Gasteiger charge is -2.11. The van der Waals surface area contributed by atoms with Crippen molar-refractivity contribution < 1.29 is 8.78 Å². The van der Waals surface area contributed by atoms with Gasteiger partial charge in [-0.15, -0.1) is 0 Å². The highest BCUT2D eigenvalue weighted by Crippen LogP contribution is 2.37. The van der Waals surface area contributed by atoms with E-state index in [1.807, 2.05) is 0 Å². The van der Waals surface area contributed by atoms with Gasteiger partial charge < -0.3 is 10.7 Å². The standard InChI is InChI=1S/C12H12F2N2/c13-9-5-7-1-4-16-11(7)10(14)8(9)6-12(15)2-3-12/h1,4-5,16H,2-3,6,15H2. The fourth-order valence-corrected chi connectivity index (χ4v) is 2.02. The van der Waals surface area contributed by atoms with Crippen molar-refractivity contribution in [2.24, 2.45) is 5.73 Å². The molecule has 0 amide bonds. The third-order valence-corrected chi connectivity index (χ3v) is 3.26. The van der Waals surface area contributed by atoms with Crippen molar-refractivity contribution in [2.75, 3.05) is 0 Å². The summed E-state index contributed by atoms with van der Waals surface area (Å²) < 4.78 is 27.7. The van der Waals surface area contributed by atoms with E-state index in [9.17, 15) is 8.78 Å². The predicted molar refractivity (Wildman–Crippen MR) is 58.1 cm³/mol. The summed E-state index contributed by atoms with van der Waals surface area (Å²) in [5.74, 6) is -1.00. The van der Waals surface area contributed by atoms with E-state index in [1.165, 1.54) is 6.07 Å². The molecule has 0 unspecified atom stereocenters. The third kappa shape index (κ3) is 1.41. The maximum absolute atomic E-state index is 14.0. The van der Waals surface area contributed by atoms with E-state index in [2.05, 4.69) is 4.98 Å². The van der Waals surface area contributed by atoms with Gasteiger partial charge in [0.2, 0.25) is 0 Å². The van der Waals surface area contributed by atoms with Gasteiger partial charge in [-0.3, -0.25) is 0 Å². The van der Waals surface area contributed by atoms with Gasteiger partial charge in [-0.1, -0.05) is 0 Å². The Hall–Kier alpha value is -1.42. The summed E-state index contributed by atoms with van der Waals surface area (Å²) in [6.07, 6.45) is 3.56. The Morgan fingerprint density at radius 3 is 2.81 bits per heavy atom. The third-order valence-electron chi connectivity index (χ3n) is 3.26. The second kappa shape index (κ2) is 3.04. The lowest BCUT2D eigenvalue weighted by atomic mass is 10.0. The van der Waals surface area contributed by atoms with E-state index in [0.717, 1.165) is 12.8 Å². The van der Waals surface area contributed by atoms with Crippen LogP contribution in [-0.2, 0) is 6.42 Å². The summed E-state index contributed by atoms with van der Waals surface area (Å²) >= 11 is 0. The Labute approximate surface area is 91.4 Å². The highest BCUT2D eigenvalue weighted by molar-refractivity contribution is 5.80. The highest BCUT2D eigenvalue weighted by Gasteiger charge is 2.39. The number of benzene rings is 1. The summed E-state index contributed by atoms with van der Waals surface area (Å²) in [5.41, 5.74) is 5.97. The number of hydrogen-bond acceptors (Lipinski definition) is 1. The molecule has 1 fully saturated rings. The fourth-order valence-electron chi connectivity index (χ4n) is 2.02. The van der Waals surface area contributed by atoms with Crippen molar-refractivity contribution in [3.05, 3.63) is 35.5 Å². The first kappa shape index (κ1) is 9.78. The van der Waals surface area contributed by atoms with Crippen LogP contribution in [0.5, 0.6) is 0 Å². The molecular weight excluding hydrogens is 210 g/mol. The number of H-pyrrole nitrogens is 1. The molecule has 1 heterocycles. The average Bonchev–Trinajstić information content (AvgIpc) is 2.77. The van der Waals surface area contributed by atoms with E-state index in [-0.39, 0.29) is 17.5 Å². The van der Waals surface area contributed by atoms with E-state index in [4.69, 9.17) is 5.73 Å². The molecule has 3 N–H and O–H groups in total. The molecule has 0 saturated heterocycles. The molecule has 0 aliphatic heterocycles. The van der Waals surface area contributed by atoms with Crippen molar-refractivity contribution in [2.45, 2.75) is 24.8 Å². The topological polar surface area (TPSA) is 41.8 Å². The summed E-state index contributed by atoms with van der Waals surface area (Å²) in [5, 5.41) is 0.556. The van der Waals surface area contributed by atoms with Gasteiger partial charge in [-0.25, -0.2) is 8.78 Å².